The lowest BCUT2D eigenvalue weighted by molar-refractivity contribution is -0.139. The van der Waals surface area contributed by atoms with Gasteiger partial charge in [0.15, 0.2) is 0 Å². The molecule has 0 saturated carbocycles. The van der Waals surface area contributed by atoms with Crippen molar-refractivity contribution < 1.29 is 22.6 Å². The largest absolute Gasteiger partial charge is 0.490 e. The second-order valence-electron chi connectivity index (χ2n) is 8.78. The number of pyridine rings is 1. The van der Waals surface area contributed by atoms with E-state index in [-0.39, 0.29) is 29.0 Å². The highest BCUT2D eigenvalue weighted by Crippen LogP contribution is 2.40. The summed E-state index contributed by atoms with van der Waals surface area (Å²) >= 11 is 5.80. The van der Waals surface area contributed by atoms with Gasteiger partial charge in [0.2, 0.25) is 5.88 Å². The average Bonchev–Trinajstić information content (AvgIpc) is 3.19. The molecule has 5 nitrogen and oxygen atoms in total. The maximum Gasteiger partial charge on any atom is 0.420 e. The maximum atomic E-state index is 13.5. The zero-order valence-corrected chi connectivity index (χ0v) is 19.6. The predicted molar refractivity (Wildman–Crippen MR) is 122 cm³/mol. The number of rotatable bonds is 6. The Morgan fingerprint density at radius 2 is 1.91 bits per heavy atom. The molecule has 2 aliphatic heterocycles. The maximum absolute atomic E-state index is 13.5. The van der Waals surface area contributed by atoms with Crippen LogP contribution in [0.4, 0.5) is 18.9 Å². The molecule has 2 aliphatic rings. The van der Waals surface area contributed by atoms with Crippen LogP contribution in [0.5, 0.6) is 11.6 Å². The molecule has 4 rings (SSSR count). The quantitative estimate of drug-likeness (QED) is 0.529. The van der Waals surface area contributed by atoms with Crippen LogP contribution in [0.2, 0.25) is 5.02 Å². The van der Waals surface area contributed by atoms with Crippen molar-refractivity contribution in [2.24, 2.45) is 0 Å². The summed E-state index contributed by atoms with van der Waals surface area (Å²) < 4.78 is 52.5. The molecule has 0 amide bonds. The fourth-order valence-corrected chi connectivity index (χ4v) is 4.84. The molecule has 9 heteroatoms. The number of hydrogen-bond acceptors (Lipinski definition) is 5. The fraction of sp³-hybridized carbons (Fsp3) is 0.542. The number of likely N-dealkylation sites (tertiary alicyclic amines) is 1. The third-order valence-corrected chi connectivity index (χ3v) is 6.60. The number of alkyl halides is 3. The SMILES string of the molecule is CC[C@@H]1C[C@H](Oc2ccc(Cl)cc2C(F)(F)F)CCN1c1cccnc1O[C@@H]1CCN(C)C1. The molecule has 0 spiro atoms. The van der Waals surface area contributed by atoms with Gasteiger partial charge in [0.05, 0.1) is 5.56 Å². The molecule has 0 bridgehead atoms. The first-order chi connectivity index (χ1) is 15.7. The average molecular weight is 484 g/mol. The molecule has 0 aliphatic carbocycles. The molecule has 180 valence electrons. The van der Waals surface area contributed by atoms with E-state index in [0.29, 0.717) is 25.3 Å². The zero-order chi connectivity index (χ0) is 23.6. The van der Waals surface area contributed by atoms with Crippen LogP contribution in [0.1, 0.15) is 38.2 Å². The Labute approximate surface area is 197 Å². The van der Waals surface area contributed by atoms with E-state index in [9.17, 15) is 13.2 Å². The van der Waals surface area contributed by atoms with Gasteiger partial charge in [-0.1, -0.05) is 18.5 Å². The number of likely N-dealkylation sites (N-methyl/N-ethyl adjacent to an activating group) is 1. The molecule has 3 heterocycles. The molecule has 33 heavy (non-hydrogen) atoms. The van der Waals surface area contributed by atoms with Crippen molar-refractivity contribution in [3.8, 4) is 11.6 Å². The van der Waals surface area contributed by atoms with Gasteiger partial charge in [0.1, 0.15) is 23.6 Å². The third kappa shape index (κ3) is 5.66. The minimum absolute atomic E-state index is 0.0356. The number of nitrogens with zero attached hydrogens (tertiary/aromatic N) is 3. The van der Waals surface area contributed by atoms with E-state index in [1.807, 2.05) is 12.1 Å². The second-order valence-corrected chi connectivity index (χ2v) is 9.21. The van der Waals surface area contributed by atoms with Gasteiger partial charge >= 0.3 is 6.18 Å². The van der Waals surface area contributed by atoms with E-state index < -0.39 is 11.7 Å². The summed E-state index contributed by atoms with van der Waals surface area (Å²) in [7, 11) is 2.07. The third-order valence-electron chi connectivity index (χ3n) is 6.37. The molecule has 0 radical (unpaired) electrons. The predicted octanol–water partition coefficient (Wildman–Crippen LogP) is 5.66. The van der Waals surface area contributed by atoms with E-state index in [0.717, 1.165) is 37.7 Å². The van der Waals surface area contributed by atoms with Crippen LogP contribution < -0.4 is 14.4 Å². The molecule has 0 N–H and O–H groups in total. The van der Waals surface area contributed by atoms with Gasteiger partial charge < -0.3 is 19.3 Å². The van der Waals surface area contributed by atoms with Crippen molar-refractivity contribution in [2.45, 2.75) is 57.0 Å². The number of aromatic nitrogens is 1. The van der Waals surface area contributed by atoms with Crippen LogP contribution in [0.15, 0.2) is 36.5 Å². The Balaban J connectivity index is 1.48. The van der Waals surface area contributed by atoms with Crippen LogP contribution in [0, 0.1) is 0 Å². The van der Waals surface area contributed by atoms with Gasteiger partial charge in [0, 0.05) is 49.7 Å². The van der Waals surface area contributed by atoms with E-state index >= 15 is 0 Å². The molecular formula is C24H29ClF3N3O2. The normalized spacial score (nSPS) is 24.2. The first-order valence-electron chi connectivity index (χ1n) is 11.3. The van der Waals surface area contributed by atoms with E-state index in [2.05, 4.69) is 28.8 Å². The summed E-state index contributed by atoms with van der Waals surface area (Å²) in [5.41, 5.74) is 0.0924. The Hall–Kier alpha value is -2.19. The molecule has 1 aromatic carbocycles. The molecule has 0 unspecified atom stereocenters. The molecule has 3 atom stereocenters. The van der Waals surface area contributed by atoms with Crippen molar-refractivity contribution in [1.29, 1.82) is 0 Å². The topological polar surface area (TPSA) is 37.8 Å². The van der Waals surface area contributed by atoms with Gasteiger partial charge in [0.25, 0.3) is 0 Å². The van der Waals surface area contributed by atoms with Gasteiger partial charge in [-0.25, -0.2) is 4.98 Å². The van der Waals surface area contributed by atoms with Gasteiger partial charge in [-0.3, -0.25) is 0 Å². The minimum atomic E-state index is -4.53. The van der Waals surface area contributed by atoms with Crippen LogP contribution >= 0.6 is 11.6 Å². The number of anilines is 1. The smallest absolute Gasteiger partial charge is 0.420 e. The number of halogens is 4. The first kappa shape index (κ1) is 24.0. The lowest BCUT2D eigenvalue weighted by Gasteiger charge is -2.41. The molecular weight excluding hydrogens is 455 g/mol. The Kier molecular flexibility index (Phi) is 7.24. The highest BCUT2D eigenvalue weighted by Gasteiger charge is 2.37. The monoisotopic (exact) mass is 483 g/mol. The lowest BCUT2D eigenvalue weighted by Crippen LogP contribution is -2.46. The molecule has 2 aromatic rings. The first-order valence-corrected chi connectivity index (χ1v) is 11.7. The Morgan fingerprint density at radius 3 is 2.61 bits per heavy atom. The van der Waals surface area contributed by atoms with Gasteiger partial charge in [-0.15, -0.1) is 0 Å². The summed E-state index contributed by atoms with van der Waals surface area (Å²) in [4.78, 5) is 8.98. The van der Waals surface area contributed by atoms with Gasteiger partial charge in [-0.2, -0.15) is 13.2 Å². The van der Waals surface area contributed by atoms with E-state index in [1.165, 1.54) is 12.1 Å². The standard InChI is InChI=1S/C24H29ClF3N3O2/c1-3-17-14-18(32-22-7-6-16(25)13-20(22)24(26,27)28)9-12-31(17)21-5-4-10-29-23(21)33-19-8-11-30(2)15-19/h4-7,10,13,17-19H,3,8-9,11-12,14-15H2,1-2H3/t17-,18-,19-/m1/s1. The van der Waals surface area contributed by atoms with Crippen molar-refractivity contribution >= 4 is 17.3 Å². The van der Waals surface area contributed by atoms with Gasteiger partial charge in [-0.05, 0) is 50.2 Å². The summed E-state index contributed by atoms with van der Waals surface area (Å²) in [5.74, 6) is 0.448. The molecule has 1 aromatic heterocycles. The Bertz CT molecular complexity index is 959. The number of hydrogen-bond donors (Lipinski definition) is 0. The number of piperidine rings is 1. The van der Waals surface area contributed by atoms with E-state index in [1.54, 1.807) is 6.20 Å². The lowest BCUT2D eigenvalue weighted by atomic mass is 9.96. The molecule has 2 fully saturated rings. The van der Waals surface area contributed by atoms with Crippen LogP contribution in [-0.4, -0.2) is 54.8 Å². The highest BCUT2D eigenvalue weighted by atomic mass is 35.5. The van der Waals surface area contributed by atoms with Crippen LogP contribution in [0.3, 0.4) is 0 Å². The fourth-order valence-electron chi connectivity index (χ4n) is 4.67. The van der Waals surface area contributed by atoms with Crippen molar-refractivity contribution in [3.05, 3.63) is 47.1 Å². The van der Waals surface area contributed by atoms with Crippen LogP contribution in [0.25, 0.3) is 0 Å². The second kappa shape index (κ2) is 9.97. The van der Waals surface area contributed by atoms with E-state index in [4.69, 9.17) is 21.1 Å². The summed E-state index contributed by atoms with van der Waals surface area (Å²) in [6, 6.07) is 7.65. The highest BCUT2D eigenvalue weighted by molar-refractivity contribution is 6.30. The minimum Gasteiger partial charge on any atom is -0.490 e. The zero-order valence-electron chi connectivity index (χ0n) is 18.8. The number of ether oxygens (including phenoxy) is 2. The Morgan fingerprint density at radius 1 is 1.12 bits per heavy atom. The summed E-state index contributed by atoms with van der Waals surface area (Å²) in [6.07, 6.45) is -0.0220. The van der Waals surface area contributed by atoms with Crippen molar-refractivity contribution in [2.75, 3.05) is 31.6 Å². The van der Waals surface area contributed by atoms with Crippen molar-refractivity contribution in [1.82, 2.24) is 9.88 Å². The molecule has 2 saturated heterocycles. The van der Waals surface area contributed by atoms with Crippen molar-refractivity contribution in [3.63, 3.8) is 0 Å². The summed E-state index contributed by atoms with van der Waals surface area (Å²) in [5, 5.41) is 0.0356. The van der Waals surface area contributed by atoms with Crippen LogP contribution in [-0.2, 0) is 6.18 Å². The summed E-state index contributed by atoms with van der Waals surface area (Å²) in [6.45, 7) is 4.58. The number of benzene rings is 1.